The van der Waals surface area contributed by atoms with Crippen LogP contribution in [0.4, 0.5) is 0 Å². The van der Waals surface area contributed by atoms with Gasteiger partial charge in [0, 0.05) is 20.1 Å². The second kappa shape index (κ2) is 5.51. The van der Waals surface area contributed by atoms with Crippen LogP contribution in [0.25, 0.3) is 0 Å². The van der Waals surface area contributed by atoms with Gasteiger partial charge in [0.1, 0.15) is 0 Å². The highest BCUT2D eigenvalue weighted by molar-refractivity contribution is 4.76. The summed E-state index contributed by atoms with van der Waals surface area (Å²) in [6.45, 7) is 6.85. The standard InChI is InChI=1S/C9H20O3/c1-5-9(2,3)8(12-10)6-7-11-4/h8,10H,5-7H2,1-4H3. The smallest absolute Gasteiger partial charge is 0.0999 e. The molecule has 0 aliphatic carbocycles. The highest BCUT2D eigenvalue weighted by atomic mass is 17.1. The molecule has 3 nitrogen and oxygen atoms in total. The lowest BCUT2D eigenvalue weighted by Gasteiger charge is -2.30. The van der Waals surface area contributed by atoms with E-state index in [1.807, 2.05) is 0 Å². The molecule has 3 heteroatoms. The van der Waals surface area contributed by atoms with Crippen LogP contribution in [0.3, 0.4) is 0 Å². The maximum Gasteiger partial charge on any atom is 0.0999 e. The zero-order valence-electron chi connectivity index (χ0n) is 8.46. The summed E-state index contributed by atoms with van der Waals surface area (Å²) >= 11 is 0. The fourth-order valence-electron chi connectivity index (χ4n) is 1.04. The minimum atomic E-state index is -0.137. The van der Waals surface area contributed by atoms with Crippen LogP contribution in [0, 0.1) is 5.41 Å². The fourth-order valence-corrected chi connectivity index (χ4v) is 1.04. The molecule has 0 amide bonds. The highest BCUT2D eigenvalue weighted by Crippen LogP contribution is 2.28. The first-order valence-electron chi connectivity index (χ1n) is 4.37. The van der Waals surface area contributed by atoms with E-state index in [4.69, 9.17) is 9.99 Å². The Morgan fingerprint density at radius 2 is 2.00 bits per heavy atom. The third-order valence-corrected chi connectivity index (χ3v) is 2.49. The largest absolute Gasteiger partial charge is 0.385 e. The first kappa shape index (κ1) is 11.9. The quantitative estimate of drug-likeness (QED) is 0.498. The number of methoxy groups -OCH3 is 1. The van der Waals surface area contributed by atoms with Crippen LogP contribution < -0.4 is 0 Å². The molecule has 0 saturated heterocycles. The van der Waals surface area contributed by atoms with Gasteiger partial charge in [-0.05, 0) is 11.8 Å². The van der Waals surface area contributed by atoms with Crippen molar-refractivity contribution in [2.24, 2.45) is 5.41 Å². The molecule has 0 aromatic rings. The molecule has 0 aromatic carbocycles. The number of ether oxygens (including phenoxy) is 1. The zero-order valence-corrected chi connectivity index (χ0v) is 8.46. The minimum Gasteiger partial charge on any atom is -0.385 e. The molecule has 0 saturated carbocycles. The molecule has 74 valence electrons. The van der Waals surface area contributed by atoms with Crippen molar-refractivity contribution in [3.8, 4) is 0 Å². The van der Waals surface area contributed by atoms with E-state index >= 15 is 0 Å². The van der Waals surface area contributed by atoms with Gasteiger partial charge in [0.15, 0.2) is 0 Å². The van der Waals surface area contributed by atoms with E-state index < -0.39 is 0 Å². The van der Waals surface area contributed by atoms with E-state index in [9.17, 15) is 0 Å². The van der Waals surface area contributed by atoms with E-state index in [1.165, 1.54) is 0 Å². The molecular weight excluding hydrogens is 156 g/mol. The van der Waals surface area contributed by atoms with Crippen molar-refractivity contribution in [2.75, 3.05) is 13.7 Å². The molecule has 0 aromatic heterocycles. The summed E-state index contributed by atoms with van der Waals surface area (Å²) in [7, 11) is 1.65. The molecule has 0 fully saturated rings. The van der Waals surface area contributed by atoms with E-state index in [0.29, 0.717) is 6.61 Å². The second-order valence-corrected chi connectivity index (χ2v) is 3.72. The van der Waals surface area contributed by atoms with Gasteiger partial charge in [0.25, 0.3) is 0 Å². The van der Waals surface area contributed by atoms with Crippen LogP contribution >= 0.6 is 0 Å². The van der Waals surface area contributed by atoms with E-state index in [2.05, 4.69) is 25.7 Å². The predicted molar refractivity (Wildman–Crippen MR) is 48.1 cm³/mol. The van der Waals surface area contributed by atoms with E-state index in [0.717, 1.165) is 12.8 Å². The predicted octanol–water partition coefficient (Wildman–Crippen LogP) is 2.32. The lowest BCUT2D eigenvalue weighted by molar-refractivity contribution is -0.304. The Morgan fingerprint density at radius 3 is 2.33 bits per heavy atom. The molecule has 0 heterocycles. The summed E-state index contributed by atoms with van der Waals surface area (Å²) in [6.07, 6.45) is 1.57. The molecule has 0 radical (unpaired) electrons. The maximum atomic E-state index is 8.66. The normalized spacial score (nSPS) is 14.8. The van der Waals surface area contributed by atoms with E-state index in [-0.39, 0.29) is 11.5 Å². The van der Waals surface area contributed by atoms with Crippen molar-refractivity contribution >= 4 is 0 Å². The molecular formula is C9H20O3. The molecule has 1 N–H and O–H groups in total. The van der Waals surface area contributed by atoms with Gasteiger partial charge in [-0.15, -0.1) is 0 Å². The van der Waals surface area contributed by atoms with Crippen LogP contribution in [0.15, 0.2) is 0 Å². The SMILES string of the molecule is CCC(C)(C)C(CCOC)OO. The van der Waals surface area contributed by atoms with Crippen molar-refractivity contribution in [1.82, 2.24) is 0 Å². The first-order chi connectivity index (χ1) is 5.58. The van der Waals surface area contributed by atoms with Gasteiger partial charge in [-0.1, -0.05) is 20.8 Å². The van der Waals surface area contributed by atoms with Gasteiger partial charge in [-0.3, -0.25) is 5.26 Å². The Balaban J connectivity index is 3.95. The Hall–Kier alpha value is -0.120. The van der Waals surface area contributed by atoms with Gasteiger partial charge in [-0.25, -0.2) is 4.89 Å². The lowest BCUT2D eigenvalue weighted by Crippen LogP contribution is -2.31. The fraction of sp³-hybridized carbons (Fsp3) is 1.00. The molecule has 12 heavy (non-hydrogen) atoms. The van der Waals surface area contributed by atoms with Gasteiger partial charge in [0.2, 0.25) is 0 Å². The van der Waals surface area contributed by atoms with Crippen molar-refractivity contribution < 1.29 is 14.9 Å². The lowest BCUT2D eigenvalue weighted by atomic mass is 9.82. The maximum absolute atomic E-state index is 8.66. The summed E-state index contributed by atoms with van der Waals surface area (Å²) in [5.41, 5.74) is 0.00722. The Kier molecular flexibility index (Phi) is 5.46. The number of hydrogen-bond acceptors (Lipinski definition) is 3. The average Bonchev–Trinajstić information content (AvgIpc) is 2.05. The molecule has 0 rings (SSSR count). The summed E-state index contributed by atoms with van der Waals surface area (Å²) in [4.78, 5) is 4.43. The van der Waals surface area contributed by atoms with Crippen molar-refractivity contribution in [1.29, 1.82) is 0 Å². The van der Waals surface area contributed by atoms with Crippen molar-refractivity contribution in [2.45, 2.75) is 39.7 Å². The van der Waals surface area contributed by atoms with Gasteiger partial charge in [0.05, 0.1) is 6.10 Å². The molecule has 0 aliphatic rings. The van der Waals surface area contributed by atoms with E-state index in [1.54, 1.807) is 7.11 Å². The van der Waals surface area contributed by atoms with Crippen LogP contribution in [0.1, 0.15) is 33.6 Å². The number of rotatable bonds is 6. The average molecular weight is 176 g/mol. The monoisotopic (exact) mass is 176 g/mol. The molecule has 0 spiro atoms. The summed E-state index contributed by atoms with van der Waals surface area (Å²) in [5, 5.41) is 8.66. The Bertz CT molecular complexity index is 112. The van der Waals surface area contributed by atoms with Gasteiger partial charge < -0.3 is 4.74 Å². The summed E-state index contributed by atoms with van der Waals surface area (Å²) in [6, 6.07) is 0. The molecule has 0 aliphatic heterocycles. The van der Waals surface area contributed by atoms with Crippen LogP contribution in [0.5, 0.6) is 0 Å². The Labute approximate surface area is 74.6 Å². The third kappa shape index (κ3) is 3.52. The van der Waals surface area contributed by atoms with Crippen LogP contribution in [0.2, 0.25) is 0 Å². The Morgan fingerprint density at radius 1 is 1.42 bits per heavy atom. The van der Waals surface area contributed by atoms with Crippen LogP contribution in [-0.4, -0.2) is 25.1 Å². The third-order valence-electron chi connectivity index (χ3n) is 2.49. The molecule has 1 unspecified atom stereocenters. The topological polar surface area (TPSA) is 38.7 Å². The zero-order chi connectivity index (χ0) is 9.61. The molecule has 1 atom stereocenters. The first-order valence-corrected chi connectivity index (χ1v) is 4.37. The molecule has 0 bridgehead atoms. The second-order valence-electron chi connectivity index (χ2n) is 3.72. The van der Waals surface area contributed by atoms with Crippen LogP contribution in [-0.2, 0) is 9.62 Å². The van der Waals surface area contributed by atoms with Gasteiger partial charge >= 0.3 is 0 Å². The summed E-state index contributed by atoms with van der Waals surface area (Å²) in [5.74, 6) is 0. The summed E-state index contributed by atoms with van der Waals surface area (Å²) < 4.78 is 4.92. The van der Waals surface area contributed by atoms with Crippen molar-refractivity contribution in [3.63, 3.8) is 0 Å². The minimum absolute atomic E-state index is 0.00722. The highest BCUT2D eigenvalue weighted by Gasteiger charge is 2.28. The van der Waals surface area contributed by atoms with Gasteiger partial charge in [-0.2, -0.15) is 0 Å². The number of hydrogen-bond donors (Lipinski definition) is 1. The van der Waals surface area contributed by atoms with Crippen molar-refractivity contribution in [3.05, 3.63) is 0 Å².